The number of hydrogen-bond donors (Lipinski definition) is 2. The zero-order chi connectivity index (χ0) is 14.5. The number of anilines is 1. The molecule has 2 N–H and O–H groups in total. The number of amides is 2. The van der Waals surface area contributed by atoms with Crippen LogP contribution in [0.3, 0.4) is 0 Å². The standard InChI is InChI=1S/C15H20N2O3/c1-2-11-5-7-13(8-6-11)16-15(20)17(10-14(18)19)9-12-3-4-12/h5-8,12H,2-4,9-10H2,1H3,(H,16,20)(H,18,19). The molecule has 5 nitrogen and oxygen atoms in total. The van der Waals surface area contributed by atoms with Crippen LogP contribution < -0.4 is 5.32 Å². The third kappa shape index (κ3) is 4.26. The maximum atomic E-state index is 12.1. The first kappa shape index (κ1) is 14.4. The number of nitrogens with one attached hydrogen (secondary N) is 1. The molecule has 0 aromatic heterocycles. The molecule has 0 heterocycles. The molecule has 0 spiro atoms. The molecule has 1 aromatic rings. The third-order valence-corrected chi connectivity index (χ3v) is 3.40. The summed E-state index contributed by atoms with van der Waals surface area (Å²) in [7, 11) is 0. The molecule has 1 aromatic carbocycles. The van der Waals surface area contributed by atoms with Crippen molar-refractivity contribution in [2.45, 2.75) is 26.2 Å². The van der Waals surface area contributed by atoms with E-state index in [1.54, 1.807) is 0 Å². The molecule has 20 heavy (non-hydrogen) atoms. The summed E-state index contributed by atoms with van der Waals surface area (Å²) in [5.74, 6) is -0.523. The van der Waals surface area contributed by atoms with Crippen LogP contribution in [0.15, 0.2) is 24.3 Å². The zero-order valence-electron chi connectivity index (χ0n) is 11.6. The minimum absolute atomic E-state index is 0.255. The normalized spacial score (nSPS) is 13.8. The van der Waals surface area contributed by atoms with Crippen LogP contribution in [-0.2, 0) is 11.2 Å². The van der Waals surface area contributed by atoms with E-state index in [1.165, 1.54) is 10.5 Å². The molecule has 0 unspecified atom stereocenters. The molecule has 1 aliphatic rings. The van der Waals surface area contributed by atoms with Crippen LogP contribution in [-0.4, -0.2) is 35.1 Å². The highest BCUT2D eigenvalue weighted by Gasteiger charge is 2.27. The van der Waals surface area contributed by atoms with Crippen LogP contribution >= 0.6 is 0 Å². The second-order valence-electron chi connectivity index (χ2n) is 5.20. The van der Waals surface area contributed by atoms with Crippen molar-refractivity contribution in [3.8, 4) is 0 Å². The fraction of sp³-hybridized carbons (Fsp3) is 0.467. The van der Waals surface area contributed by atoms with Gasteiger partial charge in [0.05, 0.1) is 0 Å². The summed E-state index contributed by atoms with van der Waals surface area (Å²) in [4.78, 5) is 24.3. The summed E-state index contributed by atoms with van der Waals surface area (Å²) >= 11 is 0. The first-order valence-corrected chi connectivity index (χ1v) is 6.95. The fourth-order valence-electron chi connectivity index (χ4n) is 2.02. The molecule has 5 heteroatoms. The summed E-state index contributed by atoms with van der Waals surface area (Å²) in [6.07, 6.45) is 3.10. The Morgan fingerprint density at radius 3 is 2.45 bits per heavy atom. The number of carboxylic acids is 1. The Hall–Kier alpha value is -2.04. The minimum atomic E-state index is -0.984. The second kappa shape index (κ2) is 6.41. The lowest BCUT2D eigenvalue weighted by Gasteiger charge is -2.21. The molecule has 108 valence electrons. The number of hydrogen-bond acceptors (Lipinski definition) is 2. The highest BCUT2D eigenvalue weighted by Crippen LogP contribution is 2.29. The Kier molecular flexibility index (Phi) is 4.61. The summed E-state index contributed by atoms with van der Waals surface area (Å²) in [5.41, 5.74) is 1.89. The third-order valence-electron chi connectivity index (χ3n) is 3.40. The van der Waals surface area contributed by atoms with E-state index in [9.17, 15) is 9.59 Å². The lowest BCUT2D eigenvalue weighted by Crippen LogP contribution is -2.40. The lowest BCUT2D eigenvalue weighted by molar-refractivity contribution is -0.137. The zero-order valence-corrected chi connectivity index (χ0v) is 11.6. The lowest BCUT2D eigenvalue weighted by atomic mass is 10.1. The van der Waals surface area contributed by atoms with Gasteiger partial charge in [0.1, 0.15) is 6.54 Å². The summed E-state index contributed by atoms with van der Waals surface area (Å²) in [5, 5.41) is 11.6. The average molecular weight is 276 g/mol. The van der Waals surface area contributed by atoms with Gasteiger partial charge in [0.25, 0.3) is 0 Å². The van der Waals surface area contributed by atoms with E-state index >= 15 is 0 Å². The van der Waals surface area contributed by atoms with Crippen LogP contribution in [0.2, 0.25) is 0 Å². The number of urea groups is 1. The predicted molar refractivity (Wildman–Crippen MR) is 76.8 cm³/mol. The maximum absolute atomic E-state index is 12.1. The van der Waals surface area contributed by atoms with Crippen molar-refractivity contribution < 1.29 is 14.7 Å². The number of benzene rings is 1. The Morgan fingerprint density at radius 2 is 1.95 bits per heavy atom. The molecule has 0 bridgehead atoms. The van der Waals surface area contributed by atoms with E-state index in [1.807, 2.05) is 24.3 Å². The summed E-state index contributed by atoms with van der Waals surface area (Å²) in [6.45, 7) is 2.33. The Morgan fingerprint density at radius 1 is 1.30 bits per heavy atom. The van der Waals surface area contributed by atoms with Gasteiger partial charge in [-0.2, -0.15) is 0 Å². The largest absolute Gasteiger partial charge is 0.480 e. The monoisotopic (exact) mass is 276 g/mol. The first-order valence-electron chi connectivity index (χ1n) is 6.95. The van der Waals surface area contributed by atoms with E-state index in [-0.39, 0.29) is 12.6 Å². The molecule has 1 fully saturated rings. The Labute approximate surface area is 118 Å². The number of rotatable bonds is 6. The van der Waals surface area contributed by atoms with Crippen molar-refractivity contribution in [3.63, 3.8) is 0 Å². The van der Waals surface area contributed by atoms with Crippen LogP contribution in [0.25, 0.3) is 0 Å². The molecule has 0 saturated heterocycles. The van der Waals surface area contributed by atoms with Crippen LogP contribution in [0, 0.1) is 5.92 Å². The quantitative estimate of drug-likeness (QED) is 0.839. The molecule has 1 aliphatic carbocycles. The molecule has 1 saturated carbocycles. The number of nitrogens with zero attached hydrogens (tertiary/aromatic N) is 1. The van der Waals surface area contributed by atoms with Crippen molar-refractivity contribution in [2.24, 2.45) is 5.92 Å². The molecule has 2 rings (SSSR count). The minimum Gasteiger partial charge on any atom is -0.480 e. The van der Waals surface area contributed by atoms with Crippen LogP contribution in [0.1, 0.15) is 25.3 Å². The molecule has 0 aliphatic heterocycles. The van der Waals surface area contributed by atoms with Gasteiger partial charge in [-0.25, -0.2) is 4.79 Å². The Balaban J connectivity index is 1.96. The van der Waals surface area contributed by atoms with Crippen LogP contribution in [0.4, 0.5) is 10.5 Å². The number of aryl methyl sites for hydroxylation is 1. The van der Waals surface area contributed by atoms with Crippen LogP contribution in [0.5, 0.6) is 0 Å². The van der Waals surface area contributed by atoms with Gasteiger partial charge in [-0.05, 0) is 42.9 Å². The van der Waals surface area contributed by atoms with E-state index in [0.717, 1.165) is 19.3 Å². The van der Waals surface area contributed by atoms with Gasteiger partial charge in [0.2, 0.25) is 0 Å². The van der Waals surface area contributed by atoms with E-state index in [2.05, 4.69) is 12.2 Å². The SMILES string of the molecule is CCc1ccc(NC(=O)N(CC(=O)O)CC2CC2)cc1. The molecular weight excluding hydrogens is 256 g/mol. The molecule has 0 atom stereocenters. The topological polar surface area (TPSA) is 69.6 Å². The number of carboxylic acid groups (broad SMARTS) is 1. The van der Waals surface area contributed by atoms with Gasteiger partial charge in [-0.1, -0.05) is 19.1 Å². The summed E-state index contributed by atoms with van der Waals surface area (Å²) in [6, 6.07) is 7.25. The predicted octanol–water partition coefficient (Wildman–Crippen LogP) is 2.58. The van der Waals surface area contributed by atoms with Gasteiger partial charge in [-0.3, -0.25) is 4.79 Å². The van der Waals surface area contributed by atoms with Gasteiger partial charge < -0.3 is 15.3 Å². The second-order valence-corrected chi connectivity index (χ2v) is 5.20. The van der Waals surface area contributed by atoms with E-state index in [4.69, 9.17) is 5.11 Å². The smallest absolute Gasteiger partial charge is 0.323 e. The molecular formula is C15H20N2O3. The van der Waals surface area contributed by atoms with E-state index in [0.29, 0.717) is 18.2 Å². The van der Waals surface area contributed by atoms with Crippen molar-refractivity contribution in [1.82, 2.24) is 4.90 Å². The van der Waals surface area contributed by atoms with Gasteiger partial charge in [-0.15, -0.1) is 0 Å². The van der Waals surface area contributed by atoms with Crippen molar-refractivity contribution >= 4 is 17.7 Å². The summed E-state index contributed by atoms with van der Waals surface area (Å²) < 4.78 is 0. The highest BCUT2D eigenvalue weighted by molar-refractivity contribution is 5.91. The van der Waals surface area contributed by atoms with E-state index < -0.39 is 5.97 Å². The molecule has 0 radical (unpaired) electrons. The number of aliphatic carboxylic acids is 1. The van der Waals surface area contributed by atoms with Crippen molar-refractivity contribution in [1.29, 1.82) is 0 Å². The number of carbonyl (C=O) groups excluding carboxylic acids is 1. The maximum Gasteiger partial charge on any atom is 0.323 e. The van der Waals surface area contributed by atoms with Gasteiger partial charge >= 0.3 is 12.0 Å². The number of carbonyl (C=O) groups is 2. The molecule has 2 amide bonds. The van der Waals surface area contributed by atoms with Crippen molar-refractivity contribution in [2.75, 3.05) is 18.4 Å². The van der Waals surface area contributed by atoms with Gasteiger partial charge in [0.15, 0.2) is 0 Å². The Bertz CT molecular complexity index is 480. The average Bonchev–Trinajstić information content (AvgIpc) is 3.22. The van der Waals surface area contributed by atoms with Gasteiger partial charge in [0, 0.05) is 12.2 Å². The first-order chi connectivity index (χ1) is 9.58. The fourth-order valence-corrected chi connectivity index (χ4v) is 2.02. The highest BCUT2D eigenvalue weighted by atomic mass is 16.4. The van der Waals surface area contributed by atoms with Crippen molar-refractivity contribution in [3.05, 3.63) is 29.8 Å².